The van der Waals surface area contributed by atoms with E-state index in [9.17, 15) is 5.11 Å². The van der Waals surface area contributed by atoms with Crippen LogP contribution in [0.3, 0.4) is 0 Å². The summed E-state index contributed by atoms with van der Waals surface area (Å²) in [4.78, 5) is 0. The summed E-state index contributed by atoms with van der Waals surface area (Å²) in [7, 11) is 14.4. The molecule has 0 heterocycles. The molecule has 0 aromatic rings. The van der Waals surface area contributed by atoms with Crippen molar-refractivity contribution in [2.45, 2.75) is 264 Å². The molecule has 0 saturated heterocycles. The molecule has 0 aromatic heterocycles. The minimum absolute atomic E-state index is 0.144. The minimum Gasteiger partial charge on any atom is -0.396 e. The Kier molecular flexibility index (Phi) is 41.3. The summed E-state index contributed by atoms with van der Waals surface area (Å²) in [6, 6.07) is 0. The molecular formula is C54H116N3O3+3. The van der Waals surface area contributed by atoms with E-state index in [4.69, 9.17) is 9.47 Å². The molecule has 2 atom stereocenters. The highest BCUT2D eigenvalue weighted by molar-refractivity contribution is 4.56. The Morgan fingerprint density at radius 2 is 0.583 bits per heavy atom. The zero-order valence-electron chi connectivity index (χ0n) is 43.2. The largest absolute Gasteiger partial charge is 0.396 e. The fourth-order valence-corrected chi connectivity index (χ4v) is 9.31. The van der Waals surface area contributed by atoms with Gasteiger partial charge in [0.2, 0.25) is 0 Å². The maximum atomic E-state index is 9.73. The van der Waals surface area contributed by atoms with Crippen molar-refractivity contribution < 1.29 is 28.0 Å². The Morgan fingerprint density at radius 3 is 0.917 bits per heavy atom. The number of rotatable bonds is 49. The minimum atomic E-state index is 0.144. The van der Waals surface area contributed by atoms with Crippen LogP contribution in [-0.4, -0.2) is 119 Å². The first-order chi connectivity index (χ1) is 29.0. The van der Waals surface area contributed by atoms with Gasteiger partial charge in [0.1, 0.15) is 0 Å². The summed E-state index contributed by atoms with van der Waals surface area (Å²) >= 11 is 0. The molecule has 2 unspecified atom stereocenters. The van der Waals surface area contributed by atoms with Crippen molar-refractivity contribution >= 4 is 0 Å². The summed E-state index contributed by atoms with van der Waals surface area (Å²) in [6.45, 7) is 13.7. The molecule has 0 aromatic carbocycles. The van der Waals surface area contributed by atoms with Gasteiger partial charge in [-0.15, -0.1) is 0 Å². The van der Waals surface area contributed by atoms with Crippen molar-refractivity contribution in [2.75, 3.05) is 88.3 Å². The molecule has 0 bridgehead atoms. The lowest BCUT2D eigenvalue weighted by atomic mass is 10.1. The Labute approximate surface area is 379 Å². The average molecular weight is 856 g/mol. The Bertz CT molecular complexity index is 865. The van der Waals surface area contributed by atoms with Gasteiger partial charge in [-0.3, -0.25) is 0 Å². The summed E-state index contributed by atoms with van der Waals surface area (Å²) in [5, 5.41) is 9.73. The number of hydrogen-bond donors (Lipinski definition) is 1. The highest BCUT2D eigenvalue weighted by Crippen LogP contribution is 2.22. The molecule has 0 aliphatic heterocycles. The van der Waals surface area contributed by atoms with Gasteiger partial charge in [-0.05, 0) is 64.2 Å². The van der Waals surface area contributed by atoms with Crippen LogP contribution in [0.1, 0.15) is 252 Å². The predicted octanol–water partition coefficient (Wildman–Crippen LogP) is 15.0. The quantitative estimate of drug-likeness (QED) is 0.0376. The van der Waals surface area contributed by atoms with Gasteiger partial charge in [0.15, 0.2) is 12.5 Å². The summed E-state index contributed by atoms with van der Waals surface area (Å²) < 4.78 is 16.6. The van der Waals surface area contributed by atoms with Crippen molar-refractivity contribution in [3.8, 4) is 0 Å². The van der Waals surface area contributed by atoms with Gasteiger partial charge in [0.05, 0.1) is 81.7 Å². The molecule has 6 nitrogen and oxygen atoms in total. The van der Waals surface area contributed by atoms with Gasteiger partial charge >= 0.3 is 0 Å². The number of aliphatic hydroxyl groups excluding tert-OH is 1. The van der Waals surface area contributed by atoms with Crippen LogP contribution in [0, 0.1) is 0 Å². The number of unbranched alkanes of at least 4 members (excludes halogenated alkanes) is 28. The number of nitrogens with zero attached hydrogens (tertiary/aromatic N) is 3. The van der Waals surface area contributed by atoms with Crippen LogP contribution in [-0.2, 0) is 9.47 Å². The first kappa shape index (κ1) is 59.8. The molecule has 0 fully saturated rings. The maximum absolute atomic E-state index is 9.73. The maximum Gasteiger partial charge on any atom is 0.192 e. The average Bonchev–Trinajstić information content (AvgIpc) is 3.21. The second kappa shape index (κ2) is 41.5. The Balaban J connectivity index is 4.93. The normalized spacial score (nSPS) is 13.7. The Morgan fingerprint density at radius 1 is 0.317 bits per heavy atom. The molecule has 0 aliphatic rings. The van der Waals surface area contributed by atoms with Crippen molar-refractivity contribution in [3.05, 3.63) is 0 Å². The van der Waals surface area contributed by atoms with Gasteiger partial charge in [-0.25, -0.2) is 0 Å². The molecule has 0 amide bonds. The zero-order chi connectivity index (χ0) is 44.5. The van der Waals surface area contributed by atoms with Crippen LogP contribution < -0.4 is 0 Å². The highest BCUT2D eigenvalue weighted by Gasteiger charge is 2.31. The third-order valence-corrected chi connectivity index (χ3v) is 13.8. The zero-order valence-corrected chi connectivity index (χ0v) is 43.2. The standard InChI is InChI=1S/C54H116N3O3/c1-10-13-16-19-22-25-28-31-34-37-46-55(4,5)47-40-41-51-59-54(57(8,9)49-39-36-33-30-27-24-21-18-15-12-3)45-43-52-60-53(44-42-50-58)56(6,7)48-38-35-32-29-26-23-20-17-14-11-2/h53-54,58H,10-52H2,1-9H3/q+3. The predicted molar refractivity (Wildman–Crippen MR) is 266 cm³/mol. The summed E-state index contributed by atoms with van der Waals surface area (Å²) in [5.41, 5.74) is 0. The summed E-state index contributed by atoms with van der Waals surface area (Å²) in [6.07, 6.45) is 48.2. The van der Waals surface area contributed by atoms with Crippen molar-refractivity contribution in [1.82, 2.24) is 0 Å². The molecule has 6 heteroatoms. The second-order valence-electron chi connectivity index (χ2n) is 21.3. The monoisotopic (exact) mass is 855 g/mol. The van der Waals surface area contributed by atoms with Crippen LogP contribution in [0.25, 0.3) is 0 Å². The van der Waals surface area contributed by atoms with Crippen LogP contribution in [0.4, 0.5) is 0 Å². The van der Waals surface area contributed by atoms with E-state index in [1.807, 2.05) is 0 Å². The SMILES string of the molecule is CCCCCCCCCCCC[N+](C)(C)CCCCOC(CCCOC(CCCO)[N+](C)(C)CCCCCCCCCCCC)[N+](C)(C)CCCCCCCCCCCC. The first-order valence-electron chi connectivity index (χ1n) is 27.3. The summed E-state index contributed by atoms with van der Waals surface area (Å²) in [5.74, 6) is 0. The number of hydrogen-bond acceptors (Lipinski definition) is 3. The van der Waals surface area contributed by atoms with E-state index >= 15 is 0 Å². The van der Waals surface area contributed by atoms with Gasteiger partial charge in [-0.1, -0.05) is 175 Å². The van der Waals surface area contributed by atoms with E-state index in [0.717, 1.165) is 65.3 Å². The Hall–Kier alpha value is -0.240. The van der Waals surface area contributed by atoms with Crippen molar-refractivity contribution in [3.63, 3.8) is 0 Å². The van der Waals surface area contributed by atoms with E-state index in [-0.39, 0.29) is 19.1 Å². The number of aliphatic hydroxyl groups is 1. The molecule has 0 rings (SSSR count). The third-order valence-electron chi connectivity index (χ3n) is 13.8. The van der Waals surface area contributed by atoms with E-state index in [2.05, 4.69) is 63.1 Å². The van der Waals surface area contributed by atoms with Crippen molar-refractivity contribution in [2.24, 2.45) is 0 Å². The molecular weight excluding hydrogens is 739 g/mol. The lowest BCUT2D eigenvalue weighted by Crippen LogP contribution is -2.52. The number of ether oxygens (including phenoxy) is 2. The second-order valence-corrected chi connectivity index (χ2v) is 21.3. The lowest BCUT2D eigenvalue weighted by molar-refractivity contribution is -0.939. The molecule has 0 aliphatic carbocycles. The lowest BCUT2D eigenvalue weighted by Gasteiger charge is -2.39. The van der Waals surface area contributed by atoms with Crippen LogP contribution in [0.15, 0.2) is 0 Å². The third kappa shape index (κ3) is 37.2. The molecule has 1 N–H and O–H groups in total. The van der Waals surface area contributed by atoms with Crippen molar-refractivity contribution in [1.29, 1.82) is 0 Å². The fourth-order valence-electron chi connectivity index (χ4n) is 9.31. The topological polar surface area (TPSA) is 38.7 Å². The van der Waals surface area contributed by atoms with E-state index in [1.54, 1.807) is 0 Å². The molecule has 0 radical (unpaired) electrons. The molecule has 0 spiro atoms. The van der Waals surface area contributed by atoms with Gasteiger partial charge in [0, 0.05) is 19.4 Å². The molecule has 362 valence electrons. The van der Waals surface area contributed by atoms with Crippen LogP contribution in [0.5, 0.6) is 0 Å². The fraction of sp³-hybridized carbons (Fsp3) is 1.00. The smallest absolute Gasteiger partial charge is 0.192 e. The first-order valence-corrected chi connectivity index (χ1v) is 27.3. The molecule has 60 heavy (non-hydrogen) atoms. The number of quaternary nitrogens is 3. The van der Waals surface area contributed by atoms with E-state index < -0.39 is 0 Å². The van der Waals surface area contributed by atoms with Crippen LogP contribution in [0.2, 0.25) is 0 Å². The van der Waals surface area contributed by atoms with Gasteiger partial charge in [-0.2, -0.15) is 0 Å². The van der Waals surface area contributed by atoms with Gasteiger partial charge in [0.25, 0.3) is 0 Å². The molecule has 0 saturated carbocycles. The van der Waals surface area contributed by atoms with E-state index in [1.165, 1.54) is 219 Å². The van der Waals surface area contributed by atoms with Gasteiger partial charge < -0.3 is 28.0 Å². The highest BCUT2D eigenvalue weighted by atomic mass is 16.5. The van der Waals surface area contributed by atoms with E-state index in [0.29, 0.717) is 0 Å². The van der Waals surface area contributed by atoms with Crippen LogP contribution >= 0.6 is 0 Å².